The Morgan fingerprint density at radius 1 is 1.22 bits per heavy atom. The highest BCUT2D eigenvalue weighted by molar-refractivity contribution is 7.89. The first-order valence-corrected chi connectivity index (χ1v) is 13.5. The van der Waals surface area contributed by atoms with E-state index < -0.39 is 58.5 Å². The van der Waals surface area contributed by atoms with Crippen molar-refractivity contribution in [3.8, 4) is 0 Å². The van der Waals surface area contributed by atoms with E-state index in [1.165, 1.54) is 12.1 Å². The Labute approximate surface area is 213 Å². The molecule has 3 unspecified atom stereocenters. The van der Waals surface area contributed by atoms with Crippen LogP contribution in [0.25, 0.3) is 10.8 Å². The van der Waals surface area contributed by atoms with Crippen LogP contribution >= 0.6 is 0 Å². The van der Waals surface area contributed by atoms with E-state index in [-0.39, 0.29) is 17.4 Å². The second kappa shape index (κ2) is 9.47. The number of rotatable bonds is 8. The molecule has 3 heterocycles. The van der Waals surface area contributed by atoms with Crippen molar-refractivity contribution in [3.05, 3.63) is 42.5 Å². The number of carbonyl (C=O) groups excluding carboxylic acids is 3. The number of hydrogen-bond donors (Lipinski definition) is 4. The molecule has 3 amide bonds. The molecule has 196 valence electrons. The molecule has 5 rings (SSSR count). The maximum Gasteiger partial charge on any atom is 0.267 e. The lowest BCUT2D eigenvalue weighted by Crippen LogP contribution is -2.79. The predicted molar refractivity (Wildman–Crippen MR) is 131 cm³/mol. The molecule has 3 fully saturated rings. The summed E-state index contributed by atoms with van der Waals surface area (Å²) in [6.45, 7) is 0.747. The van der Waals surface area contributed by atoms with Gasteiger partial charge >= 0.3 is 0 Å². The minimum Gasteiger partial charge on any atom is -0.394 e. The van der Waals surface area contributed by atoms with Crippen molar-refractivity contribution in [2.24, 2.45) is 11.0 Å². The van der Waals surface area contributed by atoms with Crippen molar-refractivity contribution in [3.63, 3.8) is 0 Å². The third kappa shape index (κ3) is 4.16. The number of piperazine rings is 1. The van der Waals surface area contributed by atoms with Gasteiger partial charge in [0.25, 0.3) is 15.9 Å². The number of piperidine rings is 2. The number of benzene rings is 2. The molecule has 0 radical (unpaired) electrons. The van der Waals surface area contributed by atoms with E-state index in [0.29, 0.717) is 9.69 Å². The first kappa shape index (κ1) is 25.2. The monoisotopic (exact) mass is 528 g/mol. The van der Waals surface area contributed by atoms with Gasteiger partial charge in [-0.3, -0.25) is 19.3 Å². The summed E-state index contributed by atoms with van der Waals surface area (Å²) in [7, 11) is -4.56. The van der Waals surface area contributed by atoms with E-state index in [9.17, 15) is 27.9 Å². The van der Waals surface area contributed by atoms with E-state index in [4.69, 9.17) is 5.53 Å². The van der Waals surface area contributed by atoms with Gasteiger partial charge in [0.2, 0.25) is 11.8 Å². The number of amides is 3. The van der Waals surface area contributed by atoms with Gasteiger partial charge in [-0.2, -0.15) is 5.11 Å². The molecule has 0 spiro atoms. The van der Waals surface area contributed by atoms with Crippen molar-refractivity contribution in [1.29, 1.82) is 5.53 Å². The number of carbonyl (C=O) groups is 3. The summed E-state index contributed by atoms with van der Waals surface area (Å²) in [6, 6.07) is 8.34. The summed E-state index contributed by atoms with van der Waals surface area (Å²) in [5.41, 5.74) is 6.52. The highest BCUT2D eigenvalue weighted by Crippen LogP contribution is 2.42. The molecule has 13 heteroatoms. The number of sulfonamides is 1. The smallest absolute Gasteiger partial charge is 0.267 e. The lowest BCUT2D eigenvalue weighted by molar-refractivity contribution is -0.156. The second-order valence-electron chi connectivity index (χ2n) is 9.69. The average molecular weight is 529 g/mol. The van der Waals surface area contributed by atoms with Gasteiger partial charge in [0.1, 0.15) is 17.7 Å². The van der Waals surface area contributed by atoms with E-state index in [2.05, 4.69) is 15.7 Å². The molecule has 0 saturated carbocycles. The van der Waals surface area contributed by atoms with Crippen LogP contribution in [0, 0.1) is 11.4 Å². The topological polar surface area (TPSA) is 172 Å². The van der Waals surface area contributed by atoms with Crippen LogP contribution in [-0.4, -0.2) is 84.4 Å². The Kier molecular flexibility index (Phi) is 6.46. The van der Waals surface area contributed by atoms with Crippen molar-refractivity contribution in [1.82, 2.24) is 19.8 Å². The van der Waals surface area contributed by atoms with Gasteiger partial charge in [0, 0.05) is 19.0 Å². The quantitative estimate of drug-likeness (QED) is 0.354. The lowest BCUT2D eigenvalue weighted by Gasteiger charge is -2.61. The number of aliphatic hydroxyl groups excluding tert-OH is 1. The zero-order valence-electron chi connectivity index (χ0n) is 20.0. The lowest BCUT2D eigenvalue weighted by atomic mass is 9.74. The molecule has 5 atom stereocenters. The van der Waals surface area contributed by atoms with Gasteiger partial charge in [-0.05, 0) is 35.7 Å². The Bertz CT molecular complexity index is 1370. The molecule has 37 heavy (non-hydrogen) atoms. The summed E-state index contributed by atoms with van der Waals surface area (Å²) in [6.07, 6.45) is 1.21. The third-order valence-electron chi connectivity index (χ3n) is 7.59. The molecule has 2 aromatic carbocycles. The summed E-state index contributed by atoms with van der Waals surface area (Å²) in [5.74, 6) is -2.41. The number of aliphatic hydroxyl groups is 1. The van der Waals surface area contributed by atoms with E-state index in [1.54, 1.807) is 18.2 Å². The van der Waals surface area contributed by atoms with E-state index >= 15 is 0 Å². The van der Waals surface area contributed by atoms with Crippen molar-refractivity contribution < 1.29 is 27.9 Å². The van der Waals surface area contributed by atoms with E-state index in [1.807, 2.05) is 17.0 Å². The largest absolute Gasteiger partial charge is 0.394 e. The maximum absolute atomic E-state index is 13.7. The molecule has 2 bridgehead atoms. The fraction of sp³-hybridized carbons (Fsp3) is 0.458. The van der Waals surface area contributed by atoms with Crippen LogP contribution < -0.4 is 10.6 Å². The number of nitrogens with zero attached hydrogens (tertiary/aromatic N) is 3. The molecular formula is C24H28N6O6S. The summed E-state index contributed by atoms with van der Waals surface area (Å²) in [4.78, 5) is 41.2. The Balaban J connectivity index is 1.46. The zero-order chi connectivity index (χ0) is 26.4. The van der Waals surface area contributed by atoms with Gasteiger partial charge in [0.15, 0.2) is 0 Å². The van der Waals surface area contributed by atoms with E-state index in [0.717, 1.165) is 31.3 Å². The summed E-state index contributed by atoms with van der Waals surface area (Å²) in [5, 5.41) is 19.7. The normalized spacial score (nSPS) is 29.4. The maximum atomic E-state index is 13.7. The predicted octanol–water partition coefficient (Wildman–Crippen LogP) is 0.176. The van der Waals surface area contributed by atoms with Gasteiger partial charge in [0.05, 0.1) is 24.5 Å². The highest BCUT2D eigenvalue weighted by atomic mass is 32.2. The SMILES string of the molecule is N=NCC1(NC(=O)C[C@H]2C(=O)N[C@@H](CO)C(=O)N2S(=O)(=O)c2ccc3ccccc3c2)C2CCCN1C2. The average Bonchev–Trinajstić information content (AvgIpc) is 2.90. The first-order valence-electron chi connectivity index (χ1n) is 12.1. The Hall–Kier alpha value is -3.42. The Morgan fingerprint density at radius 2 is 1.97 bits per heavy atom. The van der Waals surface area contributed by atoms with Crippen LogP contribution in [0.3, 0.4) is 0 Å². The van der Waals surface area contributed by atoms with Gasteiger partial charge < -0.3 is 15.7 Å². The van der Waals surface area contributed by atoms with Gasteiger partial charge in [-0.25, -0.2) is 18.3 Å². The molecule has 4 N–H and O–H groups in total. The fourth-order valence-corrected chi connectivity index (χ4v) is 7.30. The van der Waals surface area contributed by atoms with Gasteiger partial charge in [-0.1, -0.05) is 30.3 Å². The molecule has 0 aliphatic carbocycles. The third-order valence-corrected chi connectivity index (χ3v) is 9.40. The van der Waals surface area contributed by atoms with Crippen molar-refractivity contribution >= 4 is 38.5 Å². The van der Waals surface area contributed by atoms with Crippen LogP contribution in [-0.2, 0) is 24.4 Å². The fourth-order valence-electron chi connectivity index (χ4n) is 5.68. The molecular weight excluding hydrogens is 500 g/mol. The molecule has 3 saturated heterocycles. The summed E-state index contributed by atoms with van der Waals surface area (Å²) < 4.78 is 27.9. The molecule has 12 nitrogen and oxygen atoms in total. The molecule has 2 aromatic rings. The first-order chi connectivity index (χ1) is 17.7. The van der Waals surface area contributed by atoms with Crippen LogP contribution in [0.4, 0.5) is 0 Å². The number of fused-ring (bicyclic) bond motifs is 3. The van der Waals surface area contributed by atoms with Crippen molar-refractivity contribution in [2.45, 2.75) is 41.9 Å². The van der Waals surface area contributed by atoms with Gasteiger partial charge in [-0.15, -0.1) is 0 Å². The molecule has 3 aliphatic rings. The van der Waals surface area contributed by atoms with Crippen LogP contribution in [0.1, 0.15) is 19.3 Å². The van der Waals surface area contributed by atoms with Crippen LogP contribution in [0.2, 0.25) is 0 Å². The number of nitrogens with one attached hydrogen (secondary N) is 3. The van der Waals surface area contributed by atoms with Crippen molar-refractivity contribution in [2.75, 3.05) is 26.2 Å². The second-order valence-corrected chi connectivity index (χ2v) is 11.5. The van der Waals surface area contributed by atoms with Crippen LogP contribution in [0.15, 0.2) is 52.5 Å². The Morgan fingerprint density at radius 3 is 2.62 bits per heavy atom. The minimum absolute atomic E-state index is 0.0465. The standard InChI is InChI=1S/C24H28N6O6S/c25-26-14-24(17-6-3-9-29(24)12-17)28-21(32)11-20-22(33)27-19(13-31)23(34)30(20)37(35,36)18-8-7-15-4-1-2-5-16(15)10-18/h1-2,4-5,7-8,10,17,19-20,25,31H,3,6,9,11-14H2,(H,27,33)(H,28,32)/t17?,19-,20-,24?/m0/s1. The molecule has 0 aromatic heterocycles. The highest BCUT2D eigenvalue weighted by Gasteiger charge is 2.56. The minimum atomic E-state index is -4.56. The molecule has 3 aliphatic heterocycles. The zero-order valence-corrected chi connectivity index (χ0v) is 20.8. The number of hydrogen-bond acceptors (Lipinski definition) is 9. The summed E-state index contributed by atoms with van der Waals surface area (Å²) >= 11 is 0. The van der Waals surface area contributed by atoms with Crippen LogP contribution in [0.5, 0.6) is 0 Å².